The average Bonchev–Trinajstić information content (AvgIpc) is 3.17. The molecule has 6 heteroatoms. The SMILES string of the molecule is CCCC(C[Si](OC)(OC)OC)OCC1CO1. The Hall–Kier alpha value is 0.0169. The Morgan fingerprint density at radius 3 is 2.24 bits per heavy atom. The van der Waals surface area contributed by atoms with Gasteiger partial charge in [-0.2, -0.15) is 0 Å². The van der Waals surface area contributed by atoms with Crippen molar-refractivity contribution in [3.63, 3.8) is 0 Å². The van der Waals surface area contributed by atoms with Crippen LogP contribution in [0.2, 0.25) is 6.04 Å². The smallest absolute Gasteiger partial charge is 0.377 e. The molecule has 0 aromatic heterocycles. The number of hydrogen-bond acceptors (Lipinski definition) is 5. The van der Waals surface area contributed by atoms with Crippen LogP contribution in [0.25, 0.3) is 0 Å². The summed E-state index contributed by atoms with van der Waals surface area (Å²) in [5, 5.41) is 0. The zero-order valence-corrected chi connectivity index (χ0v) is 12.2. The Kier molecular flexibility index (Phi) is 6.61. The van der Waals surface area contributed by atoms with Gasteiger partial charge in [-0.05, 0) is 6.42 Å². The lowest BCUT2D eigenvalue weighted by atomic mass is 10.2. The Morgan fingerprint density at radius 1 is 1.24 bits per heavy atom. The van der Waals surface area contributed by atoms with Crippen molar-refractivity contribution in [2.24, 2.45) is 0 Å². The van der Waals surface area contributed by atoms with Gasteiger partial charge in [-0.1, -0.05) is 13.3 Å². The zero-order valence-electron chi connectivity index (χ0n) is 11.2. The van der Waals surface area contributed by atoms with Gasteiger partial charge in [0.1, 0.15) is 6.10 Å². The molecule has 102 valence electrons. The van der Waals surface area contributed by atoms with Crippen molar-refractivity contribution < 1.29 is 22.8 Å². The predicted octanol–water partition coefficient (Wildman–Crippen LogP) is 1.45. The molecule has 1 heterocycles. The van der Waals surface area contributed by atoms with Gasteiger partial charge >= 0.3 is 8.80 Å². The molecule has 17 heavy (non-hydrogen) atoms. The van der Waals surface area contributed by atoms with Crippen LogP contribution in [0.5, 0.6) is 0 Å². The van der Waals surface area contributed by atoms with Gasteiger partial charge in [-0.15, -0.1) is 0 Å². The van der Waals surface area contributed by atoms with Crippen LogP contribution in [-0.4, -0.2) is 55.6 Å². The van der Waals surface area contributed by atoms with E-state index in [1.54, 1.807) is 21.3 Å². The largest absolute Gasteiger partial charge is 0.502 e. The molecule has 0 spiro atoms. The third-order valence-electron chi connectivity index (χ3n) is 2.94. The highest BCUT2D eigenvalue weighted by atomic mass is 28.4. The molecule has 1 rings (SSSR count). The van der Waals surface area contributed by atoms with Crippen molar-refractivity contribution >= 4 is 8.80 Å². The number of rotatable bonds is 10. The first-order valence-corrected chi connectivity index (χ1v) is 8.01. The molecule has 0 aromatic carbocycles. The molecule has 1 fully saturated rings. The average molecular weight is 264 g/mol. The third kappa shape index (κ3) is 5.03. The van der Waals surface area contributed by atoms with Crippen LogP contribution < -0.4 is 0 Å². The highest BCUT2D eigenvalue weighted by Crippen LogP contribution is 2.21. The molecular weight excluding hydrogens is 240 g/mol. The summed E-state index contributed by atoms with van der Waals surface area (Å²) in [4.78, 5) is 0. The van der Waals surface area contributed by atoms with Crippen LogP contribution in [0, 0.1) is 0 Å². The second-order valence-electron chi connectivity index (χ2n) is 4.20. The molecule has 5 nitrogen and oxygen atoms in total. The van der Waals surface area contributed by atoms with Gasteiger partial charge in [0.25, 0.3) is 0 Å². The summed E-state index contributed by atoms with van der Waals surface area (Å²) in [6, 6.07) is 0.692. The van der Waals surface area contributed by atoms with Crippen LogP contribution in [0.1, 0.15) is 19.8 Å². The van der Waals surface area contributed by atoms with E-state index in [0.29, 0.717) is 12.7 Å². The van der Waals surface area contributed by atoms with Gasteiger partial charge in [0.15, 0.2) is 0 Å². The minimum Gasteiger partial charge on any atom is -0.377 e. The van der Waals surface area contributed by atoms with Crippen molar-refractivity contribution in [3.05, 3.63) is 0 Å². The Bertz CT molecular complexity index is 198. The number of hydrogen-bond donors (Lipinski definition) is 0. The van der Waals surface area contributed by atoms with Crippen molar-refractivity contribution in [1.29, 1.82) is 0 Å². The van der Waals surface area contributed by atoms with E-state index >= 15 is 0 Å². The molecule has 2 unspecified atom stereocenters. The van der Waals surface area contributed by atoms with Crippen LogP contribution in [0.4, 0.5) is 0 Å². The van der Waals surface area contributed by atoms with E-state index in [1.165, 1.54) is 0 Å². The molecule has 0 amide bonds. The molecular formula is C11H24O5Si. The summed E-state index contributed by atoms with van der Waals surface area (Å²) in [6.45, 7) is 3.62. The maximum Gasteiger partial charge on any atom is 0.502 e. The fraction of sp³-hybridized carbons (Fsp3) is 1.00. The standard InChI is InChI=1S/C11H24O5Si/c1-5-6-10(15-7-11-8-16-11)9-17(12-2,13-3)14-4/h10-11H,5-9H2,1-4H3. The van der Waals surface area contributed by atoms with Gasteiger partial charge in [0, 0.05) is 27.4 Å². The fourth-order valence-corrected chi connectivity index (χ4v) is 3.63. The molecule has 0 bridgehead atoms. The highest BCUT2D eigenvalue weighted by Gasteiger charge is 2.41. The van der Waals surface area contributed by atoms with Gasteiger partial charge in [-0.25, -0.2) is 0 Å². The zero-order chi connectivity index (χ0) is 12.7. The van der Waals surface area contributed by atoms with Gasteiger partial charge in [0.2, 0.25) is 0 Å². The van der Waals surface area contributed by atoms with Gasteiger partial charge < -0.3 is 22.8 Å². The van der Waals surface area contributed by atoms with E-state index in [9.17, 15) is 0 Å². The summed E-state index contributed by atoms with van der Waals surface area (Å²) in [7, 11) is 2.36. The maximum absolute atomic E-state index is 5.84. The summed E-state index contributed by atoms with van der Waals surface area (Å²) in [5.41, 5.74) is 0. The number of epoxide rings is 1. The van der Waals surface area contributed by atoms with Crippen LogP contribution in [0.15, 0.2) is 0 Å². The first-order chi connectivity index (χ1) is 8.19. The second kappa shape index (κ2) is 7.45. The van der Waals surface area contributed by atoms with E-state index in [-0.39, 0.29) is 12.2 Å². The summed E-state index contributed by atoms with van der Waals surface area (Å²) in [6.07, 6.45) is 2.46. The summed E-state index contributed by atoms with van der Waals surface area (Å²) in [5.74, 6) is 0. The fourth-order valence-electron chi connectivity index (χ4n) is 1.75. The second-order valence-corrected chi connectivity index (χ2v) is 7.20. The van der Waals surface area contributed by atoms with Crippen molar-refractivity contribution in [3.8, 4) is 0 Å². The molecule has 0 aliphatic carbocycles. The van der Waals surface area contributed by atoms with Crippen LogP contribution >= 0.6 is 0 Å². The molecule has 1 saturated heterocycles. The summed E-state index contributed by atoms with van der Waals surface area (Å²) < 4.78 is 27.2. The van der Waals surface area contributed by atoms with Crippen molar-refractivity contribution in [2.75, 3.05) is 34.5 Å². The van der Waals surface area contributed by atoms with Crippen molar-refractivity contribution in [1.82, 2.24) is 0 Å². The van der Waals surface area contributed by atoms with E-state index in [4.69, 9.17) is 22.8 Å². The Balaban J connectivity index is 2.43. The monoisotopic (exact) mass is 264 g/mol. The quantitative estimate of drug-likeness (QED) is 0.441. The minimum absolute atomic E-state index is 0.121. The highest BCUT2D eigenvalue weighted by molar-refractivity contribution is 6.60. The molecule has 0 aromatic rings. The number of ether oxygens (including phenoxy) is 2. The topological polar surface area (TPSA) is 49.5 Å². The molecule has 0 radical (unpaired) electrons. The lowest BCUT2D eigenvalue weighted by molar-refractivity contribution is 0.0290. The normalized spacial score (nSPS) is 21.5. The molecule has 0 N–H and O–H groups in total. The predicted molar refractivity (Wildman–Crippen MR) is 66.0 cm³/mol. The Morgan fingerprint density at radius 2 is 1.82 bits per heavy atom. The first kappa shape index (κ1) is 15.1. The molecule has 1 aliphatic rings. The van der Waals surface area contributed by atoms with E-state index < -0.39 is 8.80 Å². The first-order valence-electron chi connectivity index (χ1n) is 6.08. The van der Waals surface area contributed by atoms with Crippen LogP contribution in [0.3, 0.4) is 0 Å². The lowest BCUT2D eigenvalue weighted by Crippen LogP contribution is -2.46. The van der Waals surface area contributed by atoms with Gasteiger partial charge in [-0.3, -0.25) is 0 Å². The molecule has 1 aliphatic heterocycles. The van der Waals surface area contributed by atoms with E-state index in [1.807, 2.05) is 0 Å². The third-order valence-corrected chi connectivity index (χ3v) is 5.76. The van der Waals surface area contributed by atoms with Crippen molar-refractivity contribution in [2.45, 2.75) is 38.0 Å². The lowest BCUT2D eigenvalue weighted by Gasteiger charge is -2.28. The molecule has 0 saturated carbocycles. The summed E-state index contributed by atoms with van der Waals surface area (Å²) >= 11 is 0. The minimum atomic E-state index is -2.54. The van der Waals surface area contributed by atoms with Gasteiger partial charge in [0.05, 0.1) is 19.3 Å². The molecule has 2 atom stereocenters. The van der Waals surface area contributed by atoms with E-state index in [0.717, 1.165) is 19.4 Å². The van der Waals surface area contributed by atoms with E-state index in [2.05, 4.69) is 6.92 Å². The van der Waals surface area contributed by atoms with Crippen LogP contribution in [-0.2, 0) is 22.8 Å². The maximum atomic E-state index is 5.84. The Labute approximate surface area is 105 Å².